The third kappa shape index (κ3) is 5.95. The van der Waals surface area contributed by atoms with Crippen LogP contribution in [0, 0.1) is 0 Å². The second-order valence-electron chi connectivity index (χ2n) is 8.68. The normalized spacial score (nSPS) is 15.0. The summed E-state index contributed by atoms with van der Waals surface area (Å²) in [6.07, 6.45) is 1.69. The first-order valence-corrected chi connectivity index (χ1v) is 12.3. The summed E-state index contributed by atoms with van der Waals surface area (Å²) in [7, 11) is 1.24. The maximum Gasteiger partial charge on any atom is 0.343 e. The fourth-order valence-electron chi connectivity index (χ4n) is 4.16. The molecule has 0 aromatic heterocycles. The molecule has 0 bridgehead atoms. The Morgan fingerprint density at radius 1 is 1.00 bits per heavy atom. The highest BCUT2D eigenvalue weighted by Crippen LogP contribution is 2.36. The molecule has 3 aromatic carbocycles. The van der Waals surface area contributed by atoms with Crippen molar-refractivity contribution in [1.29, 1.82) is 0 Å². The first-order valence-electron chi connectivity index (χ1n) is 12.0. The van der Waals surface area contributed by atoms with Crippen LogP contribution in [0.15, 0.2) is 95.8 Å². The lowest BCUT2D eigenvalue weighted by Gasteiger charge is -2.21. The Bertz CT molecular complexity index is 1400. The second kappa shape index (κ2) is 11.8. The number of ketones is 1. The predicted octanol–water partition coefficient (Wildman–Crippen LogP) is 5.47. The van der Waals surface area contributed by atoms with E-state index in [1.807, 2.05) is 37.3 Å². The Kier molecular flexibility index (Phi) is 8.28. The van der Waals surface area contributed by atoms with Crippen molar-refractivity contribution >= 4 is 41.0 Å². The molecule has 0 aliphatic carbocycles. The first kappa shape index (κ1) is 26.7. The number of carbonyl (C=O) groups excluding carboxylic acids is 3. The van der Waals surface area contributed by atoms with Gasteiger partial charge in [-0.15, -0.1) is 0 Å². The van der Waals surface area contributed by atoms with Gasteiger partial charge in [0.1, 0.15) is 11.3 Å². The number of anilines is 1. The molecule has 1 aliphatic rings. The number of nitrogens with one attached hydrogen (secondary N) is 1. The molecule has 0 unspecified atom stereocenters. The topological polar surface area (TPSA) is 84.9 Å². The van der Waals surface area contributed by atoms with Crippen LogP contribution < -0.4 is 15.0 Å². The fourth-order valence-corrected chi connectivity index (χ4v) is 4.28. The summed E-state index contributed by atoms with van der Waals surface area (Å²) in [6, 6.07) is 23.5. The zero-order chi connectivity index (χ0) is 27.2. The third-order valence-corrected chi connectivity index (χ3v) is 6.35. The van der Waals surface area contributed by atoms with Gasteiger partial charge in [-0.1, -0.05) is 54.1 Å². The number of hydrogen-bond acceptors (Lipinski definition) is 6. The Balaban J connectivity index is 1.48. The van der Waals surface area contributed by atoms with E-state index in [-0.39, 0.29) is 24.1 Å². The van der Waals surface area contributed by atoms with E-state index in [2.05, 4.69) is 5.32 Å². The molecule has 1 aliphatic heterocycles. The number of rotatable bonds is 8. The van der Waals surface area contributed by atoms with Gasteiger partial charge >= 0.3 is 5.97 Å². The number of Topliss-reactive ketones (excluding diaryl/α,β-unsaturated/α-hetero) is 1. The van der Waals surface area contributed by atoms with Crippen molar-refractivity contribution in [2.24, 2.45) is 0 Å². The fraction of sp³-hybridized carbons (Fsp3) is 0.167. The lowest BCUT2D eigenvalue weighted by atomic mass is 10.1. The molecule has 0 saturated carbocycles. The average Bonchev–Trinajstić information content (AvgIpc) is 3.17. The molecule has 8 heteroatoms. The number of hydrogen-bond donors (Lipinski definition) is 1. The van der Waals surface area contributed by atoms with Crippen molar-refractivity contribution in [3.05, 3.63) is 112 Å². The number of benzene rings is 3. The zero-order valence-corrected chi connectivity index (χ0v) is 22.0. The Labute approximate surface area is 226 Å². The molecular formula is C30H27ClN2O5. The van der Waals surface area contributed by atoms with Crippen LogP contribution >= 0.6 is 11.6 Å². The standard InChI is InChI=1S/C30H27ClN2O5/c1-19(22-7-5-4-6-8-22)32-27(34)18-38-25-15-9-21(10-16-25)17-26-29(35)28(30(36)37-3)20(2)33(26)24-13-11-23(31)12-14-24/h4-17,19H,18H2,1-3H3,(H,32,34)/b26-17-/t19-/m0/s1. The van der Waals surface area contributed by atoms with Gasteiger partial charge in [-0.3, -0.25) is 9.59 Å². The van der Waals surface area contributed by atoms with E-state index in [1.165, 1.54) is 7.11 Å². The molecule has 4 rings (SSSR count). The lowest BCUT2D eigenvalue weighted by Crippen LogP contribution is -2.31. The molecule has 0 radical (unpaired) electrons. The predicted molar refractivity (Wildman–Crippen MR) is 147 cm³/mol. The molecule has 1 amide bonds. The monoisotopic (exact) mass is 530 g/mol. The summed E-state index contributed by atoms with van der Waals surface area (Å²) in [5.41, 5.74) is 3.14. The van der Waals surface area contributed by atoms with Gasteiger partial charge in [0.05, 0.1) is 18.8 Å². The first-order chi connectivity index (χ1) is 18.3. The molecular weight excluding hydrogens is 504 g/mol. The highest BCUT2D eigenvalue weighted by molar-refractivity contribution is 6.31. The van der Waals surface area contributed by atoms with Crippen molar-refractivity contribution < 1.29 is 23.9 Å². The minimum atomic E-state index is -0.696. The molecule has 3 aromatic rings. The van der Waals surface area contributed by atoms with Crippen LogP contribution in [0.4, 0.5) is 5.69 Å². The number of carbonyl (C=O) groups is 3. The SMILES string of the molecule is COC(=O)C1=C(C)N(c2ccc(Cl)cc2)/C(=C\c2ccc(OCC(=O)N[C@@H](C)c3ccccc3)cc2)C1=O. The van der Waals surface area contributed by atoms with E-state index in [1.54, 1.807) is 66.4 Å². The Hall–Kier alpha value is -4.36. The number of nitrogens with zero attached hydrogens (tertiary/aromatic N) is 1. The third-order valence-electron chi connectivity index (χ3n) is 6.10. The molecule has 1 N–H and O–H groups in total. The minimum Gasteiger partial charge on any atom is -0.484 e. The molecule has 7 nitrogen and oxygen atoms in total. The van der Waals surface area contributed by atoms with Gasteiger partial charge in [0.15, 0.2) is 6.61 Å². The summed E-state index contributed by atoms with van der Waals surface area (Å²) in [6.45, 7) is 3.47. The van der Waals surface area contributed by atoms with Crippen LogP contribution in [-0.4, -0.2) is 31.4 Å². The van der Waals surface area contributed by atoms with Gasteiger partial charge in [-0.25, -0.2) is 4.79 Å². The van der Waals surface area contributed by atoms with Crippen molar-refractivity contribution in [1.82, 2.24) is 5.32 Å². The van der Waals surface area contributed by atoms with Gasteiger partial charge in [0.2, 0.25) is 5.78 Å². The summed E-state index contributed by atoms with van der Waals surface area (Å²) in [4.78, 5) is 39.6. The van der Waals surface area contributed by atoms with E-state index in [0.29, 0.717) is 33.4 Å². The largest absolute Gasteiger partial charge is 0.484 e. The smallest absolute Gasteiger partial charge is 0.343 e. The van der Waals surface area contributed by atoms with Gasteiger partial charge < -0.3 is 19.7 Å². The number of halogens is 1. The molecule has 0 saturated heterocycles. The lowest BCUT2D eigenvalue weighted by molar-refractivity contribution is -0.137. The van der Waals surface area contributed by atoms with E-state index in [9.17, 15) is 14.4 Å². The molecule has 38 heavy (non-hydrogen) atoms. The van der Waals surface area contributed by atoms with Gasteiger partial charge in [-0.05, 0) is 67.4 Å². The van der Waals surface area contributed by atoms with Crippen LogP contribution in [-0.2, 0) is 19.1 Å². The average molecular weight is 531 g/mol. The van der Waals surface area contributed by atoms with E-state index >= 15 is 0 Å². The van der Waals surface area contributed by atoms with E-state index in [4.69, 9.17) is 21.1 Å². The van der Waals surface area contributed by atoms with Gasteiger partial charge in [-0.2, -0.15) is 0 Å². The quantitative estimate of drug-likeness (QED) is 0.236. The van der Waals surface area contributed by atoms with Crippen LogP contribution in [0.2, 0.25) is 5.02 Å². The van der Waals surface area contributed by atoms with Crippen LogP contribution in [0.25, 0.3) is 6.08 Å². The highest BCUT2D eigenvalue weighted by Gasteiger charge is 2.38. The molecule has 1 atom stereocenters. The van der Waals surface area contributed by atoms with E-state index in [0.717, 1.165) is 5.56 Å². The van der Waals surface area contributed by atoms with Crippen LogP contribution in [0.5, 0.6) is 5.75 Å². The number of esters is 1. The highest BCUT2D eigenvalue weighted by atomic mass is 35.5. The van der Waals surface area contributed by atoms with Crippen molar-refractivity contribution in [2.45, 2.75) is 19.9 Å². The maximum absolute atomic E-state index is 13.2. The summed E-state index contributed by atoms with van der Waals surface area (Å²) in [5.74, 6) is -0.863. The Morgan fingerprint density at radius 2 is 1.66 bits per heavy atom. The zero-order valence-electron chi connectivity index (χ0n) is 21.2. The minimum absolute atomic E-state index is 0.0237. The van der Waals surface area contributed by atoms with Crippen LogP contribution in [0.1, 0.15) is 31.0 Å². The van der Waals surface area contributed by atoms with Crippen molar-refractivity contribution in [3.63, 3.8) is 0 Å². The van der Waals surface area contributed by atoms with Gasteiger partial charge in [0.25, 0.3) is 5.91 Å². The second-order valence-corrected chi connectivity index (χ2v) is 9.12. The maximum atomic E-state index is 13.2. The summed E-state index contributed by atoms with van der Waals surface area (Å²) in [5, 5.41) is 3.46. The summed E-state index contributed by atoms with van der Waals surface area (Å²) >= 11 is 6.04. The Morgan fingerprint density at radius 3 is 2.29 bits per heavy atom. The molecule has 194 valence electrons. The number of methoxy groups -OCH3 is 1. The number of ether oxygens (including phenoxy) is 2. The van der Waals surface area contributed by atoms with Crippen molar-refractivity contribution in [2.75, 3.05) is 18.6 Å². The molecule has 0 fully saturated rings. The number of allylic oxidation sites excluding steroid dienone is 2. The molecule has 1 heterocycles. The summed E-state index contributed by atoms with van der Waals surface area (Å²) < 4.78 is 10.5. The molecule has 0 spiro atoms. The number of amides is 1. The van der Waals surface area contributed by atoms with Crippen molar-refractivity contribution in [3.8, 4) is 5.75 Å². The van der Waals surface area contributed by atoms with E-state index < -0.39 is 11.8 Å². The van der Waals surface area contributed by atoms with Crippen LogP contribution in [0.3, 0.4) is 0 Å². The van der Waals surface area contributed by atoms with Gasteiger partial charge in [0, 0.05) is 16.4 Å².